The van der Waals surface area contributed by atoms with E-state index in [9.17, 15) is 9.59 Å². The number of aliphatic imine (C=N–C) groups is 1. The quantitative estimate of drug-likeness (QED) is 0.261. The predicted molar refractivity (Wildman–Crippen MR) is 70.7 cm³/mol. The van der Waals surface area contributed by atoms with Crippen LogP contribution < -0.4 is 5.32 Å². The molecule has 6 nitrogen and oxygen atoms in total. The van der Waals surface area contributed by atoms with Gasteiger partial charge in [-0.3, -0.25) is 14.6 Å². The molecule has 1 aliphatic heterocycles. The zero-order chi connectivity index (χ0) is 14.4. The maximum atomic E-state index is 11.6. The van der Waals surface area contributed by atoms with Crippen LogP contribution in [-0.4, -0.2) is 45.6 Å². The third-order valence-electron chi connectivity index (χ3n) is 2.98. The Morgan fingerprint density at radius 3 is 2.63 bits per heavy atom. The molecule has 1 heterocycles. The van der Waals surface area contributed by atoms with Gasteiger partial charge in [0.1, 0.15) is 5.92 Å². The fourth-order valence-corrected chi connectivity index (χ4v) is 1.90. The molecule has 0 unspecified atom stereocenters. The van der Waals surface area contributed by atoms with E-state index in [1.807, 2.05) is 0 Å². The zero-order valence-corrected chi connectivity index (χ0v) is 11.3. The van der Waals surface area contributed by atoms with E-state index in [4.69, 9.17) is 4.74 Å². The van der Waals surface area contributed by atoms with Crippen molar-refractivity contribution in [2.24, 2.45) is 16.8 Å². The Kier molecular flexibility index (Phi) is 5.29. The van der Waals surface area contributed by atoms with Crippen LogP contribution in [0.15, 0.2) is 29.3 Å². The number of hydrogen-bond acceptors (Lipinski definition) is 5. The Morgan fingerprint density at radius 1 is 1.42 bits per heavy atom. The number of allylic oxidation sites excluding steroid dienone is 1. The molecule has 1 aliphatic rings. The summed E-state index contributed by atoms with van der Waals surface area (Å²) in [5.41, 5.74) is 0.645. The van der Waals surface area contributed by atoms with Gasteiger partial charge in [0, 0.05) is 25.6 Å². The van der Waals surface area contributed by atoms with Gasteiger partial charge in [-0.15, -0.1) is 0 Å². The molecule has 2 atom stereocenters. The first-order valence-corrected chi connectivity index (χ1v) is 5.78. The Morgan fingerprint density at radius 2 is 2.11 bits per heavy atom. The highest BCUT2D eigenvalue weighted by Crippen LogP contribution is 2.26. The van der Waals surface area contributed by atoms with Gasteiger partial charge in [-0.1, -0.05) is 12.7 Å². The molecule has 0 spiro atoms. The number of ether oxygens (including phenoxy) is 2. The van der Waals surface area contributed by atoms with Crippen LogP contribution >= 0.6 is 0 Å². The van der Waals surface area contributed by atoms with Crippen molar-refractivity contribution in [3.05, 3.63) is 24.3 Å². The minimum atomic E-state index is -0.841. The Balaban J connectivity index is 2.81. The van der Waals surface area contributed by atoms with Gasteiger partial charge in [-0.25, -0.2) is 0 Å². The topological polar surface area (TPSA) is 77.0 Å². The highest BCUT2D eigenvalue weighted by Gasteiger charge is 2.41. The van der Waals surface area contributed by atoms with Crippen LogP contribution in [0.5, 0.6) is 0 Å². The highest BCUT2D eigenvalue weighted by atomic mass is 16.5. The Bertz CT molecular complexity index is 440. The van der Waals surface area contributed by atoms with Crippen LogP contribution in [0.4, 0.5) is 0 Å². The number of nitrogens with zero attached hydrogens (tertiary/aromatic N) is 1. The molecule has 1 N–H and O–H groups in total. The van der Waals surface area contributed by atoms with Gasteiger partial charge < -0.3 is 14.8 Å². The molecule has 1 fully saturated rings. The summed E-state index contributed by atoms with van der Waals surface area (Å²) in [5.74, 6) is -1.60. The van der Waals surface area contributed by atoms with Crippen molar-refractivity contribution >= 4 is 17.8 Å². The fourth-order valence-electron chi connectivity index (χ4n) is 1.90. The molecule has 0 aromatic rings. The van der Waals surface area contributed by atoms with Crippen molar-refractivity contribution in [2.45, 2.75) is 0 Å². The first-order chi connectivity index (χ1) is 9.04. The molecule has 104 valence electrons. The van der Waals surface area contributed by atoms with Crippen molar-refractivity contribution in [3.63, 3.8) is 0 Å². The number of amides is 1. The summed E-state index contributed by atoms with van der Waals surface area (Å²) in [7, 11) is 4.37. The minimum Gasteiger partial charge on any atom is -0.481 e. The summed E-state index contributed by atoms with van der Waals surface area (Å²) in [4.78, 5) is 27.1. The monoisotopic (exact) mass is 266 g/mol. The van der Waals surface area contributed by atoms with Crippen LogP contribution in [-0.2, 0) is 19.1 Å². The van der Waals surface area contributed by atoms with Crippen molar-refractivity contribution in [2.75, 3.05) is 27.8 Å². The fraction of sp³-hybridized carbons (Fsp3) is 0.462. The molecule has 0 aromatic heterocycles. The van der Waals surface area contributed by atoms with Gasteiger partial charge >= 0.3 is 5.97 Å². The minimum absolute atomic E-state index is 0.314. The number of hydrogen-bond donors (Lipinski definition) is 1. The Labute approximate surface area is 112 Å². The molecule has 19 heavy (non-hydrogen) atoms. The van der Waals surface area contributed by atoms with E-state index in [1.54, 1.807) is 19.2 Å². The van der Waals surface area contributed by atoms with Crippen molar-refractivity contribution < 1.29 is 19.1 Å². The van der Waals surface area contributed by atoms with Gasteiger partial charge in [0.05, 0.1) is 14.2 Å². The molecule has 0 saturated carbocycles. The average Bonchev–Trinajstić information content (AvgIpc) is 2.80. The molecule has 0 radical (unpaired) electrons. The van der Waals surface area contributed by atoms with E-state index < -0.39 is 11.9 Å². The van der Waals surface area contributed by atoms with E-state index in [-0.39, 0.29) is 11.8 Å². The van der Waals surface area contributed by atoms with E-state index in [2.05, 4.69) is 21.6 Å². The lowest BCUT2D eigenvalue weighted by atomic mass is 9.89. The molecule has 1 rings (SSSR count). The third-order valence-corrected chi connectivity index (χ3v) is 2.98. The van der Waals surface area contributed by atoms with Crippen LogP contribution in [0.2, 0.25) is 0 Å². The number of carbonyl (C=O) groups is 2. The molecular formula is C13H18N2O4. The average molecular weight is 266 g/mol. The lowest BCUT2D eigenvalue weighted by molar-refractivity contribution is -0.149. The summed E-state index contributed by atoms with van der Waals surface area (Å²) in [6.07, 6.45) is 3.33. The summed E-state index contributed by atoms with van der Waals surface area (Å²) in [5, 5.41) is 2.64. The second-order valence-corrected chi connectivity index (χ2v) is 4.03. The molecule has 0 aliphatic carbocycles. The van der Waals surface area contributed by atoms with Crippen molar-refractivity contribution in [3.8, 4) is 0 Å². The molecule has 0 bridgehead atoms. The lowest BCUT2D eigenvalue weighted by Crippen LogP contribution is -2.29. The van der Waals surface area contributed by atoms with E-state index in [0.717, 1.165) is 0 Å². The first-order valence-electron chi connectivity index (χ1n) is 5.78. The maximum Gasteiger partial charge on any atom is 0.318 e. The molecular weight excluding hydrogens is 248 g/mol. The summed E-state index contributed by atoms with van der Waals surface area (Å²) >= 11 is 0. The van der Waals surface area contributed by atoms with Crippen LogP contribution in [0, 0.1) is 11.8 Å². The second kappa shape index (κ2) is 6.72. The van der Waals surface area contributed by atoms with Gasteiger partial charge in [0.25, 0.3) is 0 Å². The number of carbonyl (C=O) groups excluding carboxylic acids is 2. The molecule has 0 aromatic carbocycles. The smallest absolute Gasteiger partial charge is 0.318 e. The molecule has 1 amide bonds. The first kappa shape index (κ1) is 14.9. The number of nitrogens with one attached hydrogen (secondary N) is 1. The Hall–Kier alpha value is -2.11. The number of esters is 1. The van der Waals surface area contributed by atoms with Gasteiger partial charge in [0.2, 0.25) is 11.8 Å². The molecule has 1 saturated heterocycles. The lowest BCUT2D eigenvalue weighted by Gasteiger charge is -2.14. The van der Waals surface area contributed by atoms with Crippen molar-refractivity contribution in [1.29, 1.82) is 0 Å². The van der Waals surface area contributed by atoms with Gasteiger partial charge in [-0.2, -0.15) is 0 Å². The normalized spacial score (nSPS) is 23.3. The number of rotatable bonds is 4. The summed E-state index contributed by atoms with van der Waals surface area (Å²) < 4.78 is 9.62. The predicted octanol–water partition coefficient (Wildman–Crippen LogP) is 0.309. The zero-order valence-electron chi connectivity index (χ0n) is 11.3. The van der Waals surface area contributed by atoms with Crippen LogP contribution in [0.1, 0.15) is 0 Å². The van der Waals surface area contributed by atoms with Gasteiger partial charge in [0.15, 0.2) is 0 Å². The SMILES string of the molecule is C=C(/C=C\C(=NC)OC)[C@@H]1CNC(=O)[C@H]1C(=O)OC. The van der Waals surface area contributed by atoms with Crippen LogP contribution in [0.3, 0.4) is 0 Å². The standard InChI is InChI=1S/C13H18N2O4/c1-8(5-6-10(14-2)18-3)9-7-15-12(16)11(9)13(17)19-4/h5-6,9,11H,1,7H2,2-4H3,(H,15,16)/b6-5-,14-10?/t9-,11-/m0/s1. The van der Waals surface area contributed by atoms with E-state index in [1.165, 1.54) is 14.2 Å². The highest BCUT2D eigenvalue weighted by molar-refractivity contribution is 6.00. The van der Waals surface area contributed by atoms with Crippen LogP contribution in [0.25, 0.3) is 0 Å². The summed E-state index contributed by atoms with van der Waals surface area (Å²) in [6, 6.07) is 0. The number of methoxy groups -OCH3 is 2. The second-order valence-electron chi connectivity index (χ2n) is 4.03. The third kappa shape index (κ3) is 3.43. The molecule has 6 heteroatoms. The maximum absolute atomic E-state index is 11.6. The van der Waals surface area contributed by atoms with Gasteiger partial charge in [-0.05, 0) is 5.57 Å². The van der Waals surface area contributed by atoms with E-state index in [0.29, 0.717) is 18.0 Å². The van der Waals surface area contributed by atoms with Crippen molar-refractivity contribution in [1.82, 2.24) is 5.32 Å². The van der Waals surface area contributed by atoms with E-state index >= 15 is 0 Å². The summed E-state index contributed by atoms with van der Waals surface area (Å²) in [6.45, 7) is 4.25. The largest absolute Gasteiger partial charge is 0.481 e.